The van der Waals surface area contributed by atoms with E-state index >= 15 is 4.39 Å². The number of halogens is 1. The van der Waals surface area contributed by atoms with Gasteiger partial charge in [-0.1, -0.05) is 24.3 Å². The van der Waals surface area contributed by atoms with E-state index in [0.29, 0.717) is 36.6 Å². The molecule has 0 radical (unpaired) electrons. The average molecular weight is 572 g/mol. The molecule has 0 saturated carbocycles. The Balaban J connectivity index is 1.39. The molecule has 0 aliphatic carbocycles. The second kappa shape index (κ2) is 9.20. The number of hydrogen-bond acceptors (Lipinski definition) is 6. The highest BCUT2D eigenvalue weighted by Gasteiger charge is 2.44. The van der Waals surface area contributed by atoms with E-state index in [2.05, 4.69) is 0 Å². The number of anilines is 1. The lowest BCUT2D eigenvalue weighted by molar-refractivity contribution is 0.00668. The molecule has 1 amide bonds. The van der Waals surface area contributed by atoms with Crippen molar-refractivity contribution in [2.75, 3.05) is 24.5 Å². The fourth-order valence-electron chi connectivity index (χ4n) is 6.65. The number of carboxylic acids is 1. The van der Waals surface area contributed by atoms with Crippen molar-refractivity contribution in [2.45, 2.75) is 45.3 Å². The molecule has 3 aromatic carbocycles. The van der Waals surface area contributed by atoms with E-state index in [-0.39, 0.29) is 34.9 Å². The monoisotopic (exact) mass is 571 g/mol. The smallest absolute Gasteiger partial charge is 0.410 e. The zero-order chi connectivity index (χ0) is 29.5. The molecule has 2 unspecified atom stereocenters. The molecule has 7 rings (SSSR count). The third-order valence-corrected chi connectivity index (χ3v) is 8.43. The first kappa shape index (κ1) is 26.3. The van der Waals surface area contributed by atoms with E-state index in [0.717, 1.165) is 29.7 Å². The fourth-order valence-corrected chi connectivity index (χ4v) is 6.65. The van der Waals surface area contributed by atoms with Crippen molar-refractivity contribution in [1.29, 1.82) is 0 Å². The topological polar surface area (TPSA) is 101 Å². The maximum absolute atomic E-state index is 16.1. The molecule has 0 bridgehead atoms. The first-order valence-corrected chi connectivity index (χ1v) is 14.1. The molecule has 2 atom stereocenters. The number of aromatic carboxylic acids is 1. The van der Waals surface area contributed by atoms with Crippen LogP contribution in [-0.4, -0.2) is 57.9 Å². The lowest BCUT2D eigenvalue weighted by Crippen LogP contribution is -2.50. The number of nitrogens with zero attached hydrogens (tertiary/aromatic N) is 3. The fraction of sp³-hybridized carbons (Fsp3) is 0.344. The van der Waals surface area contributed by atoms with Crippen LogP contribution in [0.1, 0.15) is 44.0 Å². The van der Waals surface area contributed by atoms with Crippen molar-refractivity contribution in [3.05, 3.63) is 70.3 Å². The van der Waals surface area contributed by atoms with Crippen molar-refractivity contribution in [3.63, 3.8) is 0 Å². The molecule has 3 aliphatic rings. The van der Waals surface area contributed by atoms with Gasteiger partial charge in [0.25, 0.3) is 0 Å². The normalized spacial score (nSPS) is 19.4. The number of carbonyl (C=O) groups excluding carboxylic acids is 1. The van der Waals surface area contributed by atoms with Gasteiger partial charge in [0, 0.05) is 25.8 Å². The Morgan fingerprint density at radius 1 is 1.10 bits per heavy atom. The number of carboxylic acid groups (broad SMARTS) is 1. The molecule has 4 aromatic rings. The van der Waals surface area contributed by atoms with E-state index in [1.165, 1.54) is 6.20 Å². The standard InChI is InChI=1S/C32H30FN3O6/c1-32(2,3)42-31(40)35-10-6-9-19-14-34(16-24(19)35)27-22(33)13-20-26-29(27)41-25-12-18-8-5-4-7-17(18)11-23(25)36(26)15-21(28(20)37)30(38)39/h4-5,7-8,11-13,15,19,24H,6,9-10,14,16H2,1-3H3,(H,38,39). The van der Waals surface area contributed by atoms with E-state index in [9.17, 15) is 19.5 Å². The minimum atomic E-state index is -1.39. The first-order valence-electron chi connectivity index (χ1n) is 14.1. The Morgan fingerprint density at radius 2 is 1.83 bits per heavy atom. The van der Waals surface area contributed by atoms with Crippen LogP contribution >= 0.6 is 0 Å². The van der Waals surface area contributed by atoms with Crippen LogP contribution in [0.2, 0.25) is 0 Å². The molecular formula is C32H30FN3O6. The summed E-state index contributed by atoms with van der Waals surface area (Å²) in [7, 11) is 0. The van der Waals surface area contributed by atoms with Gasteiger partial charge in [0.15, 0.2) is 17.3 Å². The lowest BCUT2D eigenvalue weighted by Gasteiger charge is -2.37. The van der Waals surface area contributed by atoms with E-state index in [1.807, 2.05) is 62.1 Å². The molecule has 2 saturated heterocycles. The zero-order valence-electron chi connectivity index (χ0n) is 23.5. The van der Waals surface area contributed by atoms with Crippen molar-refractivity contribution in [3.8, 4) is 17.2 Å². The highest BCUT2D eigenvalue weighted by Crippen LogP contribution is 2.49. The largest absolute Gasteiger partial charge is 0.477 e. The molecule has 1 aromatic heterocycles. The van der Waals surface area contributed by atoms with Crippen LogP contribution in [0.4, 0.5) is 14.9 Å². The van der Waals surface area contributed by atoms with Crippen LogP contribution in [0.25, 0.3) is 27.4 Å². The number of benzene rings is 3. The second-order valence-corrected chi connectivity index (χ2v) is 12.3. The number of carbonyl (C=O) groups is 2. The van der Waals surface area contributed by atoms with E-state index in [4.69, 9.17) is 9.47 Å². The molecule has 216 valence electrons. The van der Waals surface area contributed by atoms with Gasteiger partial charge in [-0.2, -0.15) is 0 Å². The molecule has 10 heteroatoms. The van der Waals surface area contributed by atoms with Gasteiger partial charge in [0.1, 0.15) is 22.4 Å². The van der Waals surface area contributed by atoms with Crippen LogP contribution in [0.5, 0.6) is 11.5 Å². The Bertz CT molecular complexity index is 1880. The summed E-state index contributed by atoms with van der Waals surface area (Å²) < 4.78 is 29.9. The molecule has 2 fully saturated rings. The summed E-state index contributed by atoms with van der Waals surface area (Å²) in [6.45, 7) is 6.91. The molecule has 9 nitrogen and oxygen atoms in total. The summed E-state index contributed by atoms with van der Waals surface area (Å²) in [5.41, 5.74) is -0.821. The van der Waals surface area contributed by atoms with Crippen molar-refractivity contribution < 1.29 is 28.6 Å². The van der Waals surface area contributed by atoms with Crippen LogP contribution in [0.15, 0.2) is 53.5 Å². The number of likely N-dealkylation sites (tertiary alicyclic amines) is 1. The molecule has 42 heavy (non-hydrogen) atoms. The second-order valence-electron chi connectivity index (χ2n) is 12.3. The Labute approximate surface area is 240 Å². The predicted octanol–water partition coefficient (Wildman–Crippen LogP) is 5.92. The van der Waals surface area contributed by atoms with E-state index in [1.54, 1.807) is 9.47 Å². The van der Waals surface area contributed by atoms with Crippen LogP contribution in [-0.2, 0) is 4.74 Å². The highest BCUT2D eigenvalue weighted by molar-refractivity contribution is 6.00. The maximum atomic E-state index is 16.1. The molecule has 1 N–H and O–H groups in total. The quantitative estimate of drug-likeness (QED) is 0.281. The van der Waals surface area contributed by atoms with Crippen LogP contribution in [0, 0.1) is 11.7 Å². The number of ether oxygens (including phenoxy) is 2. The zero-order valence-corrected chi connectivity index (χ0v) is 23.5. The summed E-state index contributed by atoms with van der Waals surface area (Å²) in [5, 5.41) is 11.5. The van der Waals surface area contributed by atoms with Crippen LogP contribution in [0.3, 0.4) is 0 Å². The summed E-state index contributed by atoms with van der Waals surface area (Å²) >= 11 is 0. The predicted molar refractivity (Wildman–Crippen MR) is 156 cm³/mol. The third kappa shape index (κ3) is 4.07. The number of fused-ring (bicyclic) bond motifs is 4. The minimum Gasteiger partial charge on any atom is -0.477 e. The van der Waals surface area contributed by atoms with Crippen molar-refractivity contribution in [2.24, 2.45) is 5.92 Å². The number of pyridine rings is 1. The number of hydrogen-bond donors (Lipinski definition) is 1. The van der Waals surface area contributed by atoms with Gasteiger partial charge in [-0.05, 0) is 68.5 Å². The number of aromatic nitrogens is 1. The van der Waals surface area contributed by atoms with Crippen LogP contribution < -0.4 is 15.1 Å². The molecule has 4 heterocycles. The summed E-state index contributed by atoms with van der Waals surface area (Å²) in [4.78, 5) is 42.0. The number of rotatable bonds is 2. The summed E-state index contributed by atoms with van der Waals surface area (Å²) in [6.07, 6.45) is 2.61. The SMILES string of the molecule is CC(C)(C)OC(=O)N1CCCC2CN(c3c(F)cc4c(=O)c(C(=O)O)cn5c4c3Oc3cc4ccccc4cc3-5)CC21. The van der Waals surface area contributed by atoms with Gasteiger partial charge >= 0.3 is 12.1 Å². The summed E-state index contributed by atoms with van der Waals surface area (Å²) in [5.74, 6) is -1.40. The van der Waals surface area contributed by atoms with Gasteiger partial charge in [0.05, 0.1) is 17.1 Å². The molecule has 3 aliphatic heterocycles. The highest BCUT2D eigenvalue weighted by atomic mass is 19.1. The van der Waals surface area contributed by atoms with Crippen molar-refractivity contribution >= 4 is 39.4 Å². The maximum Gasteiger partial charge on any atom is 0.410 e. The minimum absolute atomic E-state index is 0.0723. The third-order valence-electron chi connectivity index (χ3n) is 8.43. The first-order chi connectivity index (χ1) is 20.0. The number of piperidine rings is 1. The molecule has 0 spiro atoms. The van der Waals surface area contributed by atoms with Crippen molar-refractivity contribution in [1.82, 2.24) is 9.47 Å². The Kier molecular flexibility index (Phi) is 5.77. The van der Waals surface area contributed by atoms with E-state index < -0.39 is 28.4 Å². The van der Waals surface area contributed by atoms with Gasteiger partial charge in [-0.3, -0.25) is 4.79 Å². The Morgan fingerprint density at radius 3 is 2.55 bits per heavy atom. The summed E-state index contributed by atoms with van der Waals surface area (Å²) in [6, 6.07) is 12.3. The lowest BCUT2D eigenvalue weighted by atomic mass is 9.92. The van der Waals surface area contributed by atoms with Gasteiger partial charge in [-0.15, -0.1) is 0 Å². The average Bonchev–Trinajstić information content (AvgIpc) is 3.36. The van der Waals surface area contributed by atoms with Gasteiger partial charge in [-0.25, -0.2) is 14.0 Å². The molecular weight excluding hydrogens is 541 g/mol. The van der Waals surface area contributed by atoms with Gasteiger partial charge < -0.3 is 28.9 Å². The number of amides is 1. The Hall–Kier alpha value is -4.60. The van der Waals surface area contributed by atoms with Gasteiger partial charge in [0.2, 0.25) is 5.43 Å².